The van der Waals surface area contributed by atoms with Gasteiger partial charge in [-0.25, -0.2) is 9.97 Å². The molecule has 2 amide bonds. The normalized spacial score (nSPS) is 10.4. The average Bonchev–Trinajstić information content (AvgIpc) is 2.67. The van der Waals surface area contributed by atoms with Crippen LogP contribution in [-0.4, -0.2) is 21.8 Å². The van der Waals surface area contributed by atoms with Crippen LogP contribution in [-0.2, 0) is 0 Å². The monoisotopic (exact) mass is 414 g/mol. The highest BCUT2D eigenvalue weighted by molar-refractivity contribution is 6.42. The number of carbonyl (C=O) groups excluding carboxylic acids is 2. The van der Waals surface area contributed by atoms with Crippen molar-refractivity contribution < 1.29 is 9.59 Å². The Kier molecular flexibility index (Phi) is 5.92. The molecule has 3 aromatic rings. The molecule has 142 valence electrons. The molecule has 3 rings (SSSR count). The fourth-order valence-corrected chi connectivity index (χ4v) is 2.70. The molecule has 0 unspecified atom stereocenters. The Hall–Kier alpha value is -2.96. The lowest BCUT2D eigenvalue weighted by Gasteiger charge is -2.12. The third kappa shape index (κ3) is 4.65. The van der Waals surface area contributed by atoms with E-state index in [1.165, 1.54) is 12.1 Å². The second-order valence-corrected chi connectivity index (χ2v) is 6.98. The van der Waals surface area contributed by atoms with Crippen LogP contribution in [0.4, 0.5) is 11.6 Å². The van der Waals surface area contributed by atoms with Gasteiger partial charge in [0.1, 0.15) is 11.6 Å². The Bertz CT molecular complexity index is 951. The van der Waals surface area contributed by atoms with Crippen LogP contribution >= 0.6 is 23.2 Å². The van der Waals surface area contributed by atoms with Crippen molar-refractivity contribution >= 4 is 46.7 Å². The molecule has 2 aromatic heterocycles. The molecule has 2 N–H and O–H groups in total. The number of halogens is 2. The highest BCUT2D eigenvalue weighted by Crippen LogP contribution is 2.27. The predicted molar refractivity (Wildman–Crippen MR) is 110 cm³/mol. The van der Waals surface area contributed by atoms with Gasteiger partial charge in [-0.05, 0) is 49.2 Å². The molecule has 0 saturated heterocycles. The number of anilines is 2. The first kappa shape index (κ1) is 19.8. The fraction of sp³-hybridized carbons (Fsp3) is 0.100. The molecule has 1 aromatic carbocycles. The second kappa shape index (κ2) is 8.37. The minimum Gasteiger partial charge on any atom is -0.307 e. The maximum Gasteiger partial charge on any atom is 0.257 e. The molecule has 2 heterocycles. The van der Waals surface area contributed by atoms with Crippen LogP contribution in [0.3, 0.4) is 0 Å². The van der Waals surface area contributed by atoms with E-state index in [0.717, 1.165) is 11.1 Å². The molecule has 0 aliphatic heterocycles. The summed E-state index contributed by atoms with van der Waals surface area (Å²) < 4.78 is 0. The molecule has 0 spiro atoms. The molecule has 8 heteroatoms. The molecule has 0 bridgehead atoms. The average molecular weight is 415 g/mol. The van der Waals surface area contributed by atoms with Crippen molar-refractivity contribution in [2.24, 2.45) is 0 Å². The van der Waals surface area contributed by atoms with E-state index in [1.807, 2.05) is 26.0 Å². The topological polar surface area (TPSA) is 84.0 Å². The van der Waals surface area contributed by atoms with Gasteiger partial charge in [0, 0.05) is 12.4 Å². The van der Waals surface area contributed by atoms with Crippen LogP contribution in [0.15, 0.2) is 48.8 Å². The third-order valence-corrected chi connectivity index (χ3v) is 4.58. The summed E-state index contributed by atoms with van der Waals surface area (Å²) in [7, 11) is 0. The largest absolute Gasteiger partial charge is 0.307 e. The zero-order valence-electron chi connectivity index (χ0n) is 15.1. The summed E-state index contributed by atoms with van der Waals surface area (Å²) >= 11 is 12.1. The Morgan fingerprint density at radius 3 is 1.46 bits per heavy atom. The molecule has 6 nitrogen and oxygen atoms in total. The molecule has 0 aliphatic carbocycles. The lowest BCUT2D eigenvalue weighted by Crippen LogP contribution is -2.21. The van der Waals surface area contributed by atoms with E-state index in [9.17, 15) is 9.59 Å². The van der Waals surface area contributed by atoms with E-state index < -0.39 is 11.8 Å². The summed E-state index contributed by atoms with van der Waals surface area (Å²) in [5, 5.41) is 5.62. The molecule has 0 atom stereocenters. The predicted octanol–water partition coefficient (Wildman–Crippen LogP) is 4.90. The van der Waals surface area contributed by atoms with E-state index in [0.29, 0.717) is 11.6 Å². The van der Waals surface area contributed by atoms with Crippen LogP contribution in [0.1, 0.15) is 31.8 Å². The van der Waals surface area contributed by atoms with Crippen LogP contribution in [0.2, 0.25) is 10.0 Å². The van der Waals surface area contributed by atoms with Crippen molar-refractivity contribution in [1.82, 2.24) is 9.97 Å². The van der Waals surface area contributed by atoms with E-state index in [4.69, 9.17) is 23.2 Å². The Morgan fingerprint density at radius 2 is 1.14 bits per heavy atom. The first-order chi connectivity index (χ1) is 13.3. The zero-order chi connectivity index (χ0) is 20.3. The van der Waals surface area contributed by atoms with Gasteiger partial charge in [-0.1, -0.05) is 35.3 Å². The number of aromatic nitrogens is 2. The minimum absolute atomic E-state index is 0.0707. The highest BCUT2D eigenvalue weighted by Gasteiger charge is 2.20. The minimum atomic E-state index is -0.531. The molecule has 0 aliphatic rings. The van der Waals surface area contributed by atoms with Crippen LogP contribution < -0.4 is 10.6 Å². The quantitative estimate of drug-likeness (QED) is 0.635. The number of amides is 2. The molecular formula is C20H16Cl2N4O2. The van der Waals surface area contributed by atoms with Crippen LogP contribution in [0, 0.1) is 13.8 Å². The van der Waals surface area contributed by atoms with Crippen molar-refractivity contribution in [2.75, 3.05) is 10.6 Å². The van der Waals surface area contributed by atoms with Crippen molar-refractivity contribution in [3.8, 4) is 0 Å². The Morgan fingerprint density at radius 1 is 0.750 bits per heavy atom. The summed E-state index contributed by atoms with van der Waals surface area (Å²) in [4.78, 5) is 33.7. The third-order valence-electron chi connectivity index (χ3n) is 3.86. The standard InChI is InChI=1S/C20H16Cl2N4O2/c1-11-3-5-17(23-9-11)25-19(27)13-7-15(21)16(22)8-14(13)20(28)26-18-6-4-12(2)10-24-18/h3-10H,1-2H3,(H,23,25,27)(H,24,26,28). The van der Waals surface area contributed by atoms with Gasteiger partial charge in [0.2, 0.25) is 0 Å². The van der Waals surface area contributed by atoms with E-state index in [1.54, 1.807) is 24.5 Å². The lowest BCUT2D eigenvalue weighted by atomic mass is 10.1. The Labute approximate surface area is 171 Å². The van der Waals surface area contributed by atoms with E-state index >= 15 is 0 Å². The SMILES string of the molecule is Cc1ccc(NC(=O)c2cc(Cl)c(Cl)cc2C(=O)Nc2ccc(C)cn2)nc1. The lowest BCUT2D eigenvalue weighted by molar-refractivity contribution is 0.0990. The summed E-state index contributed by atoms with van der Waals surface area (Å²) in [5.41, 5.74) is 2.05. The van der Waals surface area contributed by atoms with Gasteiger partial charge in [-0.2, -0.15) is 0 Å². The number of nitrogens with one attached hydrogen (secondary N) is 2. The fourth-order valence-electron chi connectivity index (χ4n) is 2.37. The molecule has 0 fully saturated rings. The number of pyridine rings is 2. The smallest absolute Gasteiger partial charge is 0.257 e. The maximum absolute atomic E-state index is 12.7. The molecule has 28 heavy (non-hydrogen) atoms. The second-order valence-electron chi connectivity index (χ2n) is 6.16. The summed E-state index contributed by atoms with van der Waals surface area (Å²) in [6.45, 7) is 3.78. The van der Waals surface area contributed by atoms with Gasteiger partial charge in [0.05, 0.1) is 21.2 Å². The molecular weight excluding hydrogens is 399 g/mol. The highest BCUT2D eigenvalue weighted by atomic mass is 35.5. The summed E-state index contributed by atoms with van der Waals surface area (Å²) in [6.07, 6.45) is 3.25. The molecule has 0 radical (unpaired) electrons. The van der Waals surface area contributed by atoms with E-state index in [-0.39, 0.29) is 21.2 Å². The summed E-state index contributed by atoms with van der Waals surface area (Å²) in [6, 6.07) is 9.67. The number of rotatable bonds is 4. The first-order valence-electron chi connectivity index (χ1n) is 8.30. The number of nitrogens with zero attached hydrogens (tertiary/aromatic N) is 2. The zero-order valence-corrected chi connectivity index (χ0v) is 16.6. The van der Waals surface area contributed by atoms with Gasteiger partial charge in [-0.15, -0.1) is 0 Å². The van der Waals surface area contributed by atoms with Crippen molar-refractivity contribution in [3.05, 3.63) is 81.1 Å². The number of benzene rings is 1. The summed E-state index contributed by atoms with van der Waals surface area (Å²) in [5.74, 6) is -0.352. The van der Waals surface area contributed by atoms with Crippen LogP contribution in [0.5, 0.6) is 0 Å². The van der Waals surface area contributed by atoms with Crippen LogP contribution in [0.25, 0.3) is 0 Å². The van der Waals surface area contributed by atoms with Gasteiger partial charge < -0.3 is 10.6 Å². The number of aryl methyl sites for hydroxylation is 2. The van der Waals surface area contributed by atoms with Gasteiger partial charge in [0.25, 0.3) is 11.8 Å². The first-order valence-corrected chi connectivity index (χ1v) is 9.06. The number of hydrogen-bond donors (Lipinski definition) is 2. The Balaban J connectivity index is 1.90. The van der Waals surface area contributed by atoms with Crippen molar-refractivity contribution in [1.29, 1.82) is 0 Å². The van der Waals surface area contributed by atoms with Crippen molar-refractivity contribution in [3.63, 3.8) is 0 Å². The van der Waals surface area contributed by atoms with E-state index in [2.05, 4.69) is 20.6 Å². The van der Waals surface area contributed by atoms with Gasteiger partial charge >= 0.3 is 0 Å². The number of carbonyl (C=O) groups is 2. The maximum atomic E-state index is 12.7. The molecule has 0 saturated carbocycles. The van der Waals surface area contributed by atoms with Gasteiger partial charge in [-0.3, -0.25) is 9.59 Å². The van der Waals surface area contributed by atoms with Gasteiger partial charge in [0.15, 0.2) is 0 Å². The van der Waals surface area contributed by atoms with Crippen molar-refractivity contribution in [2.45, 2.75) is 13.8 Å². The number of hydrogen-bond acceptors (Lipinski definition) is 4.